The minimum absolute atomic E-state index is 0.116. The van der Waals surface area contributed by atoms with Gasteiger partial charge in [0.2, 0.25) is 11.8 Å². The lowest BCUT2D eigenvalue weighted by molar-refractivity contribution is -0.145. The summed E-state index contributed by atoms with van der Waals surface area (Å²) in [7, 11) is 1.29. The van der Waals surface area contributed by atoms with Crippen LogP contribution in [0.25, 0.3) is 0 Å². The van der Waals surface area contributed by atoms with Crippen LogP contribution in [0.1, 0.15) is 17.3 Å². The highest BCUT2D eigenvalue weighted by molar-refractivity contribution is 7.10. The maximum Gasteiger partial charge on any atom is 0.333 e. The second kappa shape index (κ2) is 7.22. The Morgan fingerprint density at radius 3 is 2.82 bits per heavy atom. The van der Waals surface area contributed by atoms with E-state index in [1.807, 2.05) is 11.4 Å². The molecule has 2 heterocycles. The normalized spacial score (nSPS) is 15.6. The van der Waals surface area contributed by atoms with Gasteiger partial charge in [0.05, 0.1) is 7.11 Å². The van der Waals surface area contributed by atoms with Crippen molar-refractivity contribution in [2.75, 3.05) is 20.2 Å². The molecule has 1 unspecified atom stereocenters. The van der Waals surface area contributed by atoms with Gasteiger partial charge in [-0.3, -0.25) is 9.59 Å². The minimum Gasteiger partial charge on any atom is -0.467 e. The maximum absolute atomic E-state index is 12.1. The smallest absolute Gasteiger partial charge is 0.333 e. The number of hydrogen-bond donors (Lipinski definition) is 1. The number of rotatable bonds is 6. The van der Waals surface area contributed by atoms with Crippen molar-refractivity contribution in [3.05, 3.63) is 35.0 Å². The van der Waals surface area contributed by atoms with E-state index in [2.05, 4.69) is 11.9 Å². The molecule has 1 aliphatic rings. The third kappa shape index (κ3) is 3.73. The topological polar surface area (TPSA) is 75.7 Å². The van der Waals surface area contributed by atoms with E-state index in [9.17, 15) is 14.4 Å². The number of esters is 1. The third-order valence-corrected chi connectivity index (χ3v) is 4.42. The van der Waals surface area contributed by atoms with Crippen LogP contribution in [0.15, 0.2) is 30.2 Å². The van der Waals surface area contributed by atoms with Crippen LogP contribution in [0.2, 0.25) is 0 Å². The molecule has 1 aromatic heterocycles. The number of methoxy groups -OCH3 is 1. The molecular weight excluding hydrogens is 304 g/mol. The molecule has 1 aliphatic heterocycles. The largest absolute Gasteiger partial charge is 0.467 e. The van der Waals surface area contributed by atoms with Gasteiger partial charge in [0.1, 0.15) is 0 Å². The lowest BCUT2D eigenvalue weighted by Gasteiger charge is -2.38. The van der Waals surface area contributed by atoms with Gasteiger partial charge < -0.3 is 15.0 Å². The van der Waals surface area contributed by atoms with E-state index in [4.69, 9.17) is 4.74 Å². The summed E-state index contributed by atoms with van der Waals surface area (Å²) < 4.78 is 4.73. The zero-order valence-corrected chi connectivity index (χ0v) is 13.1. The van der Waals surface area contributed by atoms with Crippen molar-refractivity contribution in [2.24, 2.45) is 5.92 Å². The molecule has 1 saturated heterocycles. The zero-order valence-electron chi connectivity index (χ0n) is 12.3. The molecule has 118 valence electrons. The summed E-state index contributed by atoms with van der Waals surface area (Å²) in [5.74, 6) is -0.722. The summed E-state index contributed by atoms with van der Waals surface area (Å²) in [6.07, 6.45) is 1.54. The molecule has 0 aliphatic carbocycles. The number of carbonyl (C=O) groups is 3. The van der Waals surface area contributed by atoms with Crippen LogP contribution < -0.4 is 5.32 Å². The molecule has 0 aromatic carbocycles. The monoisotopic (exact) mass is 322 g/mol. The van der Waals surface area contributed by atoms with E-state index in [1.165, 1.54) is 24.5 Å². The van der Waals surface area contributed by atoms with Crippen molar-refractivity contribution < 1.29 is 19.1 Å². The Hall–Kier alpha value is -2.15. The quantitative estimate of drug-likeness (QED) is 0.629. The van der Waals surface area contributed by atoms with Crippen LogP contribution in [0.3, 0.4) is 0 Å². The minimum atomic E-state index is -0.775. The van der Waals surface area contributed by atoms with Gasteiger partial charge in [0.25, 0.3) is 0 Å². The summed E-state index contributed by atoms with van der Waals surface area (Å²) in [5.41, 5.74) is 0. The first-order valence-corrected chi connectivity index (χ1v) is 7.75. The number of ether oxygens (including phenoxy) is 1. The first kappa shape index (κ1) is 16.2. The molecule has 1 fully saturated rings. The van der Waals surface area contributed by atoms with Crippen LogP contribution in [-0.4, -0.2) is 42.9 Å². The summed E-state index contributed by atoms with van der Waals surface area (Å²) in [6, 6.07) is 2.82. The van der Waals surface area contributed by atoms with Gasteiger partial charge in [-0.2, -0.15) is 0 Å². The molecule has 2 rings (SSSR count). The molecule has 0 radical (unpaired) electrons. The van der Waals surface area contributed by atoms with Crippen LogP contribution in [0, 0.1) is 5.92 Å². The molecular formula is C15H18N2O4S. The van der Waals surface area contributed by atoms with Gasteiger partial charge in [0, 0.05) is 30.3 Å². The van der Waals surface area contributed by atoms with Crippen molar-refractivity contribution in [1.29, 1.82) is 0 Å². The number of amides is 2. The molecule has 0 spiro atoms. The molecule has 1 aromatic rings. The van der Waals surface area contributed by atoms with Crippen LogP contribution in [-0.2, 0) is 19.1 Å². The van der Waals surface area contributed by atoms with Gasteiger partial charge in [-0.05, 0) is 17.5 Å². The number of likely N-dealkylation sites (tertiary alicyclic amines) is 1. The summed E-state index contributed by atoms with van der Waals surface area (Å²) in [5, 5.41) is 4.54. The summed E-state index contributed by atoms with van der Waals surface area (Å²) in [4.78, 5) is 37.6. The predicted molar refractivity (Wildman–Crippen MR) is 82.1 cm³/mol. The molecule has 22 heavy (non-hydrogen) atoms. The van der Waals surface area contributed by atoms with Gasteiger partial charge in [-0.1, -0.05) is 12.6 Å². The highest BCUT2D eigenvalue weighted by Gasteiger charge is 2.32. The highest BCUT2D eigenvalue weighted by atomic mass is 32.1. The molecule has 0 saturated carbocycles. The van der Waals surface area contributed by atoms with Crippen LogP contribution in [0.5, 0.6) is 0 Å². The molecule has 2 amide bonds. The molecule has 1 atom stereocenters. The number of carbonyl (C=O) groups excluding carboxylic acids is 3. The van der Waals surface area contributed by atoms with Gasteiger partial charge in [-0.15, -0.1) is 11.3 Å². The number of hydrogen-bond acceptors (Lipinski definition) is 5. The second-order valence-electron chi connectivity index (χ2n) is 5.06. The van der Waals surface area contributed by atoms with Crippen molar-refractivity contribution >= 4 is 29.1 Å². The maximum atomic E-state index is 12.1. The predicted octanol–water partition coefficient (Wildman–Crippen LogP) is 1.11. The summed E-state index contributed by atoms with van der Waals surface area (Å²) >= 11 is 1.38. The van der Waals surface area contributed by atoms with Crippen molar-refractivity contribution in [3.8, 4) is 0 Å². The van der Waals surface area contributed by atoms with Crippen LogP contribution in [0.4, 0.5) is 0 Å². The number of nitrogens with zero attached hydrogens (tertiary/aromatic N) is 1. The Morgan fingerprint density at radius 2 is 2.27 bits per heavy atom. The van der Waals surface area contributed by atoms with E-state index in [0.29, 0.717) is 13.1 Å². The standard InChI is InChI=1S/C15H18N2O4S/c1-3-13(19)17-8-10(9-17)7-12(18)16-14(15(20)21-2)11-5-4-6-22-11/h3-6,10,14H,1,7-9H2,2H3,(H,16,18). The zero-order chi connectivity index (χ0) is 16.1. The SMILES string of the molecule is C=CC(=O)N1CC(CC(=O)NC(C(=O)OC)c2cccs2)C1. The van der Waals surface area contributed by atoms with Crippen LogP contribution >= 0.6 is 11.3 Å². The van der Waals surface area contributed by atoms with Crippen molar-refractivity contribution in [1.82, 2.24) is 10.2 Å². The second-order valence-corrected chi connectivity index (χ2v) is 6.04. The Kier molecular flexibility index (Phi) is 5.32. The first-order valence-electron chi connectivity index (χ1n) is 6.87. The number of thiophene rings is 1. The molecule has 1 N–H and O–H groups in total. The fourth-order valence-electron chi connectivity index (χ4n) is 2.31. The van der Waals surface area contributed by atoms with E-state index < -0.39 is 12.0 Å². The lowest BCUT2D eigenvalue weighted by atomic mass is 9.95. The lowest BCUT2D eigenvalue weighted by Crippen LogP contribution is -2.51. The number of nitrogens with one attached hydrogen (secondary N) is 1. The highest BCUT2D eigenvalue weighted by Crippen LogP contribution is 2.23. The Morgan fingerprint density at radius 1 is 1.55 bits per heavy atom. The van der Waals surface area contributed by atoms with E-state index in [-0.39, 0.29) is 24.2 Å². The fourth-order valence-corrected chi connectivity index (χ4v) is 3.07. The molecule has 6 nitrogen and oxygen atoms in total. The van der Waals surface area contributed by atoms with Gasteiger partial charge >= 0.3 is 5.97 Å². The Labute approximate surface area is 132 Å². The van der Waals surface area contributed by atoms with Crippen molar-refractivity contribution in [2.45, 2.75) is 12.5 Å². The Balaban J connectivity index is 1.86. The van der Waals surface area contributed by atoms with Gasteiger partial charge in [-0.25, -0.2) is 4.79 Å². The van der Waals surface area contributed by atoms with E-state index in [1.54, 1.807) is 11.0 Å². The first-order chi connectivity index (χ1) is 10.5. The third-order valence-electron chi connectivity index (χ3n) is 3.49. The van der Waals surface area contributed by atoms with E-state index >= 15 is 0 Å². The average Bonchev–Trinajstić information content (AvgIpc) is 3.00. The molecule has 7 heteroatoms. The molecule has 0 bridgehead atoms. The summed E-state index contributed by atoms with van der Waals surface area (Å²) in [6.45, 7) is 4.51. The van der Waals surface area contributed by atoms with E-state index in [0.717, 1.165) is 4.88 Å². The Bertz CT molecular complexity index is 564. The fraction of sp³-hybridized carbons (Fsp3) is 0.400. The van der Waals surface area contributed by atoms with Crippen molar-refractivity contribution in [3.63, 3.8) is 0 Å². The average molecular weight is 322 g/mol. The van der Waals surface area contributed by atoms with Gasteiger partial charge in [0.15, 0.2) is 6.04 Å².